The Morgan fingerprint density at radius 1 is 1.53 bits per heavy atom. The summed E-state index contributed by atoms with van der Waals surface area (Å²) in [7, 11) is 1.43. The maximum absolute atomic E-state index is 13.0. The van der Waals surface area contributed by atoms with E-state index in [4.69, 9.17) is 9.84 Å². The van der Waals surface area contributed by atoms with Crippen molar-refractivity contribution in [3.8, 4) is 5.75 Å². The molecule has 0 aliphatic heterocycles. The second kappa shape index (κ2) is 4.75. The summed E-state index contributed by atoms with van der Waals surface area (Å²) < 4.78 is 17.8. The number of methoxy groups -OCH3 is 1. The van der Waals surface area contributed by atoms with Crippen molar-refractivity contribution in [1.29, 1.82) is 0 Å². The summed E-state index contributed by atoms with van der Waals surface area (Å²) in [6.07, 6.45) is -4.02. The highest BCUT2D eigenvalue weighted by molar-refractivity contribution is 5.73. The van der Waals surface area contributed by atoms with Crippen molar-refractivity contribution >= 4 is 5.97 Å². The van der Waals surface area contributed by atoms with Crippen LogP contribution in [0.2, 0.25) is 0 Å². The van der Waals surface area contributed by atoms with Crippen LogP contribution in [-0.4, -0.2) is 29.5 Å². The van der Waals surface area contributed by atoms with Crippen molar-refractivity contribution in [2.75, 3.05) is 7.11 Å². The minimum absolute atomic E-state index is 0.171. The van der Waals surface area contributed by atoms with Gasteiger partial charge in [-0.15, -0.1) is 0 Å². The van der Waals surface area contributed by atoms with Gasteiger partial charge in [-0.05, 0) is 17.7 Å². The predicted molar refractivity (Wildman–Crippen MR) is 50.5 cm³/mol. The number of hydrogen-bond donors (Lipinski definition) is 2. The molecule has 0 aliphatic carbocycles. The normalized spacial score (nSPS) is 14.3. The lowest BCUT2D eigenvalue weighted by molar-refractivity contribution is -0.147. The summed E-state index contributed by atoms with van der Waals surface area (Å²) in [5, 5.41) is 17.7. The highest BCUT2D eigenvalue weighted by Gasteiger charge is 2.27. The van der Waals surface area contributed by atoms with E-state index in [0.717, 1.165) is 0 Å². The van der Waals surface area contributed by atoms with Gasteiger partial charge in [0.2, 0.25) is 6.17 Å². The number of alkyl halides is 1. The third kappa shape index (κ3) is 2.66. The Bertz CT molecular complexity index is 353. The van der Waals surface area contributed by atoms with E-state index in [2.05, 4.69) is 0 Å². The van der Waals surface area contributed by atoms with E-state index in [1.54, 1.807) is 12.1 Å². The van der Waals surface area contributed by atoms with Gasteiger partial charge in [0, 0.05) is 0 Å². The lowest BCUT2D eigenvalue weighted by Crippen LogP contribution is -2.23. The molecule has 2 atom stereocenters. The molecule has 0 amide bonds. The number of carboxylic acid groups (broad SMARTS) is 1. The Balaban J connectivity index is 2.90. The van der Waals surface area contributed by atoms with Crippen LogP contribution >= 0.6 is 0 Å². The second-order valence-corrected chi connectivity index (χ2v) is 2.96. The molecule has 2 N–H and O–H groups in total. The highest BCUT2D eigenvalue weighted by Crippen LogP contribution is 2.23. The van der Waals surface area contributed by atoms with Gasteiger partial charge in [0.05, 0.1) is 7.11 Å². The monoisotopic (exact) mass is 214 g/mol. The molecule has 1 aromatic rings. The van der Waals surface area contributed by atoms with Gasteiger partial charge < -0.3 is 14.9 Å². The summed E-state index contributed by atoms with van der Waals surface area (Å²) in [6, 6.07) is 5.99. The fourth-order valence-electron chi connectivity index (χ4n) is 1.13. The average molecular weight is 214 g/mol. The topological polar surface area (TPSA) is 66.8 Å². The third-order valence-corrected chi connectivity index (χ3v) is 1.95. The number of aliphatic hydroxyl groups excluding tert-OH is 1. The van der Waals surface area contributed by atoms with E-state index in [1.165, 1.54) is 19.2 Å². The van der Waals surface area contributed by atoms with Crippen LogP contribution in [-0.2, 0) is 4.79 Å². The maximum Gasteiger partial charge on any atom is 0.341 e. The molecule has 0 spiro atoms. The zero-order valence-electron chi connectivity index (χ0n) is 8.05. The van der Waals surface area contributed by atoms with E-state index in [1.807, 2.05) is 0 Å². The van der Waals surface area contributed by atoms with Crippen LogP contribution in [0.5, 0.6) is 5.75 Å². The van der Waals surface area contributed by atoms with E-state index >= 15 is 0 Å². The van der Waals surface area contributed by atoms with Crippen molar-refractivity contribution < 1.29 is 24.1 Å². The fraction of sp³-hybridized carbons (Fsp3) is 0.300. The Morgan fingerprint density at radius 2 is 2.20 bits per heavy atom. The lowest BCUT2D eigenvalue weighted by atomic mass is 10.1. The van der Waals surface area contributed by atoms with Crippen LogP contribution in [0.3, 0.4) is 0 Å². The zero-order valence-corrected chi connectivity index (χ0v) is 8.05. The molecule has 4 nitrogen and oxygen atoms in total. The molecule has 0 unspecified atom stereocenters. The summed E-state index contributed by atoms with van der Waals surface area (Å²) >= 11 is 0. The summed E-state index contributed by atoms with van der Waals surface area (Å²) in [5.41, 5.74) is 0.171. The van der Waals surface area contributed by atoms with Crippen LogP contribution in [0.4, 0.5) is 4.39 Å². The van der Waals surface area contributed by atoms with E-state index in [-0.39, 0.29) is 5.56 Å². The minimum Gasteiger partial charge on any atom is -0.497 e. The molecule has 15 heavy (non-hydrogen) atoms. The first kappa shape index (κ1) is 11.5. The molecular formula is C10H11FO4. The number of carbonyl (C=O) groups is 1. The SMILES string of the molecule is COc1cccc([C@H](O)[C@@H](F)C(=O)O)c1. The van der Waals surface area contributed by atoms with Crippen LogP contribution in [0, 0.1) is 0 Å². The van der Waals surface area contributed by atoms with Crippen LogP contribution in [0.25, 0.3) is 0 Å². The first-order valence-corrected chi connectivity index (χ1v) is 4.25. The van der Waals surface area contributed by atoms with Crippen LogP contribution in [0.1, 0.15) is 11.7 Å². The van der Waals surface area contributed by atoms with Gasteiger partial charge in [-0.1, -0.05) is 12.1 Å². The summed E-state index contributed by atoms with van der Waals surface area (Å²) in [4.78, 5) is 10.3. The smallest absolute Gasteiger partial charge is 0.341 e. The third-order valence-electron chi connectivity index (χ3n) is 1.95. The molecule has 0 aliphatic rings. The molecule has 0 heterocycles. The molecule has 1 rings (SSSR count). The standard InChI is InChI=1S/C10H11FO4/c1-15-7-4-2-3-6(5-7)9(12)8(11)10(13)14/h2-5,8-9,12H,1H3,(H,13,14)/t8-,9+/m1/s1. The van der Waals surface area contributed by atoms with E-state index < -0.39 is 18.2 Å². The van der Waals surface area contributed by atoms with Gasteiger partial charge in [-0.2, -0.15) is 0 Å². The van der Waals surface area contributed by atoms with Gasteiger partial charge >= 0.3 is 5.97 Å². The zero-order chi connectivity index (χ0) is 11.4. The Kier molecular flexibility index (Phi) is 3.62. The first-order valence-electron chi connectivity index (χ1n) is 4.25. The van der Waals surface area contributed by atoms with Crippen molar-refractivity contribution in [3.63, 3.8) is 0 Å². The number of ether oxygens (including phenoxy) is 1. The molecule has 1 aromatic carbocycles. The minimum atomic E-state index is -2.34. The fourth-order valence-corrected chi connectivity index (χ4v) is 1.13. The molecule has 0 radical (unpaired) electrons. The molecule has 0 fully saturated rings. The van der Waals surface area contributed by atoms with E-state index in [0.29, 0.717) is 5.75 Å². The van der Waals surface area contributed by atoms with Crippen molar-refractivity contribution in [3.05, 3.63) is 29.8 Å². The second-order valence-electron chi connectivity index (χ2n) is 2.96. The van der Waals surface area contributed by atoms with Gasteiger partial charge in [0.15, 0.2) is 0 Å². The molecule has 0 aromatic heterocycles. The quantitative estimate of drug-likeness (QED) is 0.789. The average Bonchev–Trinajstić information content (AvgIpc) is 2.27. The van der Waals surface area contributed by atoms with Crippen LogP contribution in [0.15, 0.2) is 24.3 Å². The van der Waals surface area contributed by atoms with Crippen molar-refractivity contribution in [2.45, 2.75) is 12.3 Å². The van der Waals surface area contributed by atoms with Gasteiger partial charge in [0.1, 0.15) is 11.9 Å². The van der Waals surface area contributed by atoms with Crippen molar-refractivity contribution in [2.24, 2.45) is 0 Å². The largest absolute Gasteiger partial charge is 0.497 e. The molecule has 82 valence electrons. The number of rotatable bonds is 4. The number of hydrogen-bond acceptors (Lipinski definition) is 3. The summed E-state index contributed by atoms with van der Waals surface area (Å²) in [6.45, 7) is 0. The molecule has 0 saturated heterocycles. The predicted octanol–water partition coefficient (Wildman–Crippen LogP) is 1.15. The number of halogens is 1. The molecule has 5 heteroatoms. The summed E-state index contributed by atoms with van der Waals surface area (Å²) in [5.74, 6) is -1.26. The van der Waals surface area contributed by atoms with Crippen molar-refractivity contribution in [1.82, 2.24) is 0 Å². The Hall–Kier alpha value is -1.62. The lowest BCUT2D eigenvalue weighted by Gasteiger charge is -2.13. The molecule has 0 saturated carbocycles. The molecule has 0 bridgehead atoms. The highest BCUT2D eigenvalue weighted by atomic mass is 19.1. The first-order chi connectivity index (χ1) is 7.06. The van der Waals surface area contributed by atoms with Gasteiger partial charge in [-0.3, -0.25) is 0 Å². The Morgan fingerprint density at radius 3 is 2.73 bits per heavy atom. The van der Waals surface area contributed by atoms with E-state index in [9.17, 15) is 14.3 Å². The van der Waals surface area contributed by atoms with Crippen LogP contribution < -0.4 is 4.74 Å². The van der Waals surface area contributed by atoms with Gasteiger partial charge in [0.25, 0.3) is 0 Å². The number of carboxylic acids is 1. The number of benzene rings is 1. The molecular weight excluding hydrogens is 203 g/mol. The Labute approximate surface area is 85.9 Å². The number of aliphatic hydroxyl groups is 1. The number of aliphatic carboxylic acids is 1. The maximum atomic E-state index is 13.0. The van der Waals surface area contributed by atoms with Gasteiger partial charge in [-0.25, -0.2) is 9.18 Å².